The highest BCUT2D eigenvalue weighted by Crippen LogP contribution is 2.26. The van der Waals surface area contributed by atoms with Crippen molar-refractivity contribution in [2.75, 3.05) is 39.5 Å². The van der Waals surface area contributed by atoms with Gasteiger partial charge in [-0.15, -0.1) is 11.3 Å². The molecule has 0 spiro atoms. The maximum absolute atomic E-state index is 13.1. The van der Waals surface area contributed by atoms with Crippen molar-refractivity contribution in [1.29, 1.82) is 0 Å². The van der Waals surface area contributed by atoms with Crippen LogP contribution in [0.5, 0.6) is 5.88 Å². The van der Waals surface area contributed by atoms with E-state index in [4.69, 9.17) is 9.47 Å². The Hall–Kier alpha value is -2.40. The highest BCUT2D eigenvalue weighted by molar-refractivity contribution is 9.10. The number of ether oxygens (including phenoxy) is 2. The summed E-state index contributed by atoms with van der Waals surface area (Å²) in [7, 11) is 0. The average molecular weight is 518 g/mol. The molecule has 2 aromatic heterocycles. The second-order valence-corrected chi connectivity index (χ2v) is 9.15. The number of halogens is 1. The molecule has 1 saturated heterocycles. The third-order valence-corrected chi connectivity index (χ3v) is 6.47. The molecule has 0 unspecified atom stereocenters. The molecule has 1 amide bonds. The molecule has 32 heavy (non-hydrogen) atoms. The minimum atomic E-state index is -0.214. The van der Waals surface area contributed by atoms with Gasteiger partial charge in [-0.05, 0) is 24.6 Å². The minimum Gasteiger partial charge on any atom is -0.477 e. The molecule has 168 valence electrons. The fourth-order valence-electron chi connectivity index (χ4n) is 3.40. The summed E-state index contributed by atoms with van der Waals surface area (Å²) in [6, 6.07) is 7.84. The average Bonchev–Trinajstić information content (AvgIpc) is 3.30. The predicted octanol–water partition coefficient (Wildman–Crippen LogP) is 3.56. The van der Waals surface area contributed by atoms with Gasteiger partial charge < -0.3 is 14.8 Å². The first-order valence-electron chi connectivity index (χ1n) is 10.4. The van der Waals surface area contributed by atoms with Crippen molar-refractivity contribution < 1.29 is 14.3 Å². The number of hydrogen-bond acceptors (Lipinski definition) is 8. The normalized spacial score (nSPS) is 15.3. The third-order valence-electron chi connectivity index (χ3n) is 4.96. The number of carbonyl (C=O) groups is 1. The lowest BCUT2D eigenvalue weighted by Crippen LogP contribution is -2.43. The van der Waals surface area contributed by atoms with Crippen LogP contribution >= 0.6 is 27.3 Å². The van der Waals surface area contributed by atoms with Gasteiger partial charge in [0.15, 0.2) is 5.01 Å². The number of hydrogen-bond donors (Lipinski definition) is 1. The molecule has 3 aromatic rings. The molecule has 1 N–H and O–H groups in total. The van der Waals surface area contributed by atoms with Crippen molar-refractivity contribution in [3.8, 4) is 16.5 Å². The quantitative estimate of drug-likeness (QED) is 0.488. The first-order valence-corrected chi connectivity index (χ1v) is 12.0. The predicted molar refractivity (Wildman–Crippen MR) is 126 cm³/mol. The second kappa shape index (κ2) is 11.0. The fraction of sp³-hybridized carbons (Fsp3) is 0.364. The molecule has 4 rings (SSSR count). The number of nitrogens with one attached hydrogen (secondary N) is 1. The molecule has 0 bridgehead atoms. The lowest BCUT2D eigenvalue weighted by molar-refractivity contribution is 0.0332. The lowest BCUT2D eigenvalue weighted by atomic mass is 10.1. The van der Waals surface area contributed by atoms with Crippen LogP contribution in [0.1, 0.15) is 28.3 Å². The molecule has 0 radical (unpaired) electrons. The maximum Gasteiger partial charge on any atom is 0.280 e. The standard InChI is InChI=1S/C22H24BrN5O3S/c1-2-31-20-13-24-11-17(26-20)19-12-25-22(32-19)21(29)27-18(14-28-6-8-30-9-7-28)15-4-3-5-16(23)10-15/h3-5,10-13,18H,2,6-9,14H2,1H3,(H,27,29)/t18-/m0/s1. The van der Waals surface area contributed by atoms with Gasteiger partial charge in [-0.3, -0.25) is 14.7 Å². The first-order chi connectivity index (χ1) is 15.6. The van der Waals surface area contributed by atoms with E-state index >= 15 is 0 Å². The van der Waals surface area contributed by atoms with Gasteiger partial charge in [0.2, 0.25) is 5.88 Å². The molecule has 1 aromatic carbocycles. The van der Waals surface area contributed by atoms with Crippen LogP contribution in [0.4, 0.5) is 0 Å². The molecular weight excluding hydrogens is 494 g/mol. The van der Waals surface area contributed by atoms with E-state index in [0.717, 1.165) is 28.0 Å². The molecule has 1 fully saturated rings. The highest BCUT2D eigenvalue weighted by Gasteiger charge is 2.23. The number of nitrogens with zero attached hydrogens (tertiary/aromatic N) is 4. The van der Waals surface area contributed by atoms with Crippen LogP contribution in [-0.2, 0) is 4.74 Å². The molecule has 1 atom stereocenters. The smallest absolute Gasteiger partial charge is 0.280 e. The van der Waals surface area contributed by atoms with Crippen molar-refractivity contribution in [1.82, 2.24) is 25.2 Å². The van der Waals surface area contributed by atoms with E-state index in [9.17, 15) is 4.79 Å². The van der Waals surface area contributed by atoms with Gasteiger partial charge in [-0.1, -0.05) is 28.1 Å². The highest BCUT2D eigenvalue weighted by atomic mass is 79.9. The zero-order valence-electron chi connectivity index (χ0n) is 17.7. The number of aromatic nitrogens is 3. The van der Waals surface area contributed by atoms with E-state index in [1.165, 1.54) is 11.3 Å². The van der Waals surface area contributed by atoms with Crippen LogP contribution < -0.4 is 10.1 Å². The van der Waals surface area contributed by atoms with Crippen molar-refractivity contribution in [3.63, 3.8) is 0 Å². The van der Waals surface area contributed by atoms with E-state index < -0.39 is 0 Å². The summed E-state index contributed by atoms with van der Waals surface area (Å²) in [5, 5.41) is 3.55. The summed E-state index contributed by atoms with van der Waals surface area (Å²) in [5.41, 5.74) is 1.66. The van der Waals surface area contributed by atoms with Gasteiger partial charge >= 0.3 is 0 Å². The summed E-state index contributed by atoms with van der Waals surface area (Å²) >= 11 is 4.82. The Balaban J connectivity index is 1.51. The SMILES string of the molecule is CCOc1cncc(-c2cnc(C(=O)N[C@@H](CN3CCOCC3)c3cccc(Br)c3)s2)n1. The first kappa shape index (κ1) is 22.8. The van der Waals surface area contributed by atoms with E-state index in [-0.39, 0.29) is 11.9 Å². The Morgan fingerprint density at radius 3 is 2.94 bits per heavy atom. The Bertz CT molecular complexity index is 1060. The zero-order chi connectivity index (χ0) is 22.3. The van der Waals surface area contributed by atoms with Crippen molar-refractivity contribution in [2.24, 2.45) is 0 Å². The lowest BCUT2D eigenvalue weighted by Gasteiger charge is -2.31. The van der Waals surface area contributed by atoms with E-state index in [1.54, 1.807) is 18.6 Å². The number of thiazole rings is 1. The summed E-state index contributed by atoms with van der Waals surface area (Å²) in [6.45, 7) is 6.20. The van der Waals surface area contributed by atoms with E-state index in [0.29, 0.717) is 42.9 Å². The number of morpholine rings is 1. The Morgan fingerprint density at radius 1 is 1.31 bits per heavy atom. The van der Waals surface area contributed by atoms with Gasteiger partial charge in [-0.2, -0.15) is 0 Å². The number of carbonyl (C=O) groups excluding carboxylic acids is 1. The summed E-state index contributed by atoms with van der Waals surface area (Å²) in [6.07, 6.45) is 4.85. The van der Waals surface area contributed by atoms with Gasteiger partial charge in [0, 0.05) is 30.3 Å². The molecular formula is C22H24BrN5O3S. The summed E-state index contributed by atoms with van der Waals surface area (Å²) < 4.78 is 11.9. The van der Waals surface area contributed by atoms with Crippen molar-refractivity contribution >= 4 is 33.2 Å². The van der Waals surface area contributed by atoms with Crippen molar-refractivity contribution in [2.45, 2.75) is 13.0 Å². The van der Waals surface area contributed by atoms with Crippen LogP contribution in [-0.4, -0.2) is 65.2 Å². The van der Waals surface area contributed by atoms with Gasteiger partial charge in [0.25, 0.3) is 5.91 Å². The third kappa shape index (κ3) is 5.89. The summed E-state index contributed by atoms with van der Waals surface area (Å²) in [5.74, 6) is 0.234. The van der Waals surface area contributed by atoms with Gasteiger partial charge in [0.1, 0.15) is 5.69 Å². The summed E-state index contributed by atoms with van der Waals surface area (Å²) in [4.78, 5) is 29.1. The molecule has 10 heteroatoms. The van der Waals surface area contributed by atoms with Crippen LogP contribution in [0.15, 0.2) is 47.3 Å². The fourth-order valence-corrected chi connectivity index (χ4v) is 4.59. The number of amides is 1. The zero-order valence-corrected chi connectivity index (χ0v) is 20.1. The molecule has 8 nitrogen and oxygen atoms in total. The Kier molecular flexibility index (Phi) is 7.80. The molecule has 1 aliphatic heterocycles. The monoisotopic (exact) mass is 517 g/mol. The van der Waals surface area contributed by atoms with Crippen LogP contribution in [0, 0.1) is 0 Å². The number of rotatable bonds is 8. The Morgan fingerprint density at radius 2 is 2.16 bits per heavy atom. The van der Waals surface area contributed by atoms with Gasteiger partial charge in [-0.25, -0.2) is 9.97 Å². The molecule has 3 heterocycles. The number of benzene rings is 1. The largest absolute Gasteiger partial charge is 0.477 e. The Labute approximate surface area is 199 Å². The van der Waals surface area contributed by atoms with E-state index in [2.05, 4.69) is 41.1 Å². The van der Waals surface area contributed by atoms with Crippen LogP contribution in [0.2, 0.25) is 0 Å². The minimum absolute atomic E-state index is 0.175. The van der Waals surface area contributed by atoms with Gasteiger partial charge in [0.05, 0.1) is 43.1 Å². The maximum atomic E-state index is 13.1. The van der Waals surface area contributed by atoms with Crippen molar-refractivity contribution in [3.05, 3.63) is 57.9 Å². The molecule has 1 aliphatic rings. The molecule has 0 saturated carbocycles. The molecule has 0 aliphatic carbocycles. The topological polar surface area (TPSA) is 89.5 Å². The second-order valence-electron chi connectivity index (χ2n) is 7.20. The van der Waals surface area contributed by atoms with Crippen LogP contribution in [0.3, 0.4) is 0 Å². The van der Waals surface area contributed by atoms with E-state index in [1.807, 2.05) is 31.2 Å². The van der Waals surface area contributed by atoms with Crippen LogP contribution in [0.25, 0.3) is 10.6 Å².